The fourth-order valence-electron chi connectivity index (χ4n) is 3.53. The van der Waals surface area contributed by atoms with Gasteiger partial charge < -0.3 is 10.6 Å². The topological polar surface area (TPSA) is 58.2 Å². The van der Waals surface area contributed by atoms with Crippen LogP contribution in [0.5, 0.6) is 0 Å². The summed E-state index contributed by atoms with van der Waals surface area (Å²) in [7, 11) is 0. The Balaban J connectivity index is 1.66. The fourth-order valence-corrected chi connectivity index (χ4v) is 3.53. The number of amides is 2. The molecule has 5 heteroatoms. The van der Waals surface area contributed by atoms with Crippen LogP contribution in [0.15, 0.2) is 48.5 Å². The minimum absolute atomic E-state index is 0.0418. The van der Waals surface area contributed by atoms with E-state index in [0.717, 1.165) is 36.8 Å². The van der Waals surface area contributed by atoms with Crippen molar-refractivity contribution in [1.82, 2.24) is 10.6 Å². The summed E-state index contributed by atoms with van der Waals surface area (Å²) >= 11 is 0. The first-order chi connectivity index (χ1) is 13.4. The zero-order valence-electron chi connectivity index (χ0n) is 16.4. The molecule has 1 fully saturated rings. The highest BCUT2D eigenvalue weighted by Gasteiger charge is 2.45. The van der Waals surface area contributed by atoms with Gasteiger partial charge in [0.05, 0.1) is 5.41 Å². The SMILES string of the molecule is CCC(C)NC(=O)c1cccc(CNC(=O)C2(c3ccc(F)cc3)CCC2)c1. The molecule has 2 aromatic carbocycles. The van der Waals surface area contributed by atoms with Crippen molar-refractivity contribution in [3.8, 4) is 0 Å². The lowest BCUT2D eigenvalue weighted by molar-refractivity contribution is -0.130. The van der Waals surface area contributed by atoms with Crippen LogP contribution in [-0.2, 0) is 16.8 Å². The van der Waals surface area contributed by atoms with Gasteiger partial charge in [-0.2, -0.15) is 0 Å². The Morgan fingerprint density at radius 2 is 1.86 bits per heavy atom. The smallest absolute Gasteiger partial charge is 0.251 e. The Hall–Kier alpha value is -2.69. The van der Waals surface area contributed by atoms with Crippen LogP contribution in [0.3, 0.4) is 0 Å². The van der Waals surface area contributed by atoms with Gasteiger partial charge in [-0.1, -0.05) is 37.6 Å². The zero-order chi connectivity index (χ0) is 20.1. The second-order valence-electron chi connectivity index (χ2n) is 7.61. The Morgan fingerprint density at radius 3 is 2.46 bits per heavy atom. The van der Waals surface area contributed by atoms with Crippen LogP contribution in [-0.4, -0.2) is 17.9 Å². The first-order valence-corrected chi connectivity index (χ1v) is 9.89. The Kier molecular flexibility index (Phi) is 6.12. The molecule has 0 aromatic heterocycles. The molecule has 4 nitrogen and oxygen atoms in total. The number of benzene rings is 2. The molecule has 1 unspecified atom stereocenters. The highest BCUT2D eigenvalue weighted by Crippen LogP contribution is 2.44. The molecular formula is C23H27FN2O2. The Bertz CT molecular complexity index is 844. The third-order valence-corrected chi connectivity index (χ3v) is 5.67. The molecule has 0 bridgehead atoms. The van der Waals surface area contributed by atoms with Crippen LogP contribution in [0.4, 0.5) is 4.39 Å². The first kappa shape index (κ1) is 20.1. The summed E-state index contributed by atoms with van der Waals surface area (Å²) in [4.78, 5) is 25.2. The van der Waals surface area contributed by atoms with E-state index in [1.165, 1.54) is 12.1 Å². The maximum absolute atomic E-state index is 13.2. The Labute approximate surface area is 165 Å². The standard InChI is InChI=1S/C23H27FN2O2/c1-3-16(2)26-21(27)18-7-4-6-17(14-18)15-25-22(28)23(12-5-13-23)19-8-10-20(24)11-9-19/h4,6-11,14,16H,3,5,12-13,15H2,1-2H3,(H,25,28)(H,26,27). The van der Waals surface area contributed by atoms with Gasteiger partial charge in [0.1, 0.15) is 5.82 Å². The van der Waals surface area contributed by atoms with Gasteiger partial charge in [0.25, 0.3) is 5.91 Å². The molecule has 2 amide bonds. The van der Waals surface area contributed by atoms with Crippen molar-refractivity contribution in [3.05, 3.63) is 71.0 Å². The van der Waals surface area contributed by atoms with Gasteiger partial charge in [0, 0.05) is 18.2 Å². The number of nitrogens with one attached hydrogen (secondary N) is 2. The molecule has 1 aliphatic carbocycles. The molecule has 28 heavy (non-hydrogen) atoms. The summed E-state index contributed by atoms with van der Waals surface area (Å²) in [6.45, 7) is 4.34. The van der Waals surface area contributed by atoms with Gasteiger partial charge in [-0.15, -0.1) is 0 Å². The molecule has 2 aromatic rings. The van der Waals surface area contributed by atoms with E-state index >= 15 is 0 Å². The third-order valence-electron chi connectivity index (χ3n) is 5.67. The molecule has 0 aliphatic heterocycles. The molecule has 1 atom stereocenters. The van der Waals surface area contributed by atoms with E-state index in [9.17, 15) is 14.0 Å². The number of hydrogen-bond acceptors (Lipinski definition) is 2. The molecule has 0 radical (unpaired) electrons. The highest BCUT2D eigenvalue weighted by molar-refractivity contribution is 5.94. The van der Waals surface area contributed by atoms with Crippen molar-refractivity contribution in [2.45, 2.75) is 57.5 Å². The van der Waals surface area contributed by atoms with E-state index < -0.39 is 5.41 Å². The fraction of sp³-hybridized carbons (Fsp3) is 0.391. The second kappa shape index (κ2) is 8.55. The van der Waals surface area contributed by atoms with E-state index in [-0.39, 0.29) is 23.7 Å². The van der Waals surface area contributed by atoms with Gasteiger partial charge in [0.15, 0.2) is 0 Å². The largest absolute Gasteiger partial charge is 0.351 e. The Morgan fingerprint density at radius 1 is 1.14 bits per heavy atom. The summed E-state index contributed by atoms with van der Waals surface area (Å²) in [5.41, 5.74) is 1.75. The summed E-state index contributed by atoms with van der Waals surface area (Å²) < 4.78 is 13.2. The van der Waals surface area contributed by atoms with E-state index in [2.05, 4.69) is 10.6 Å². The average Bonchev–Trinajstić information content (AvgIpc) is 2.67. The van der Waals surface area contributed by atoms with E-state index in [4.69, 9.17) is 0 Å². The minimum Gasteiger partial charge on any atom is -0.351 e. The van der Waals surface area contributed by atoms with Crippen molar-refractivity contribution in [2.24, 2.45) is 0 Å². The number of rotatable bonds is 7. The van der Waals surface area contributed by atoms with Crippen molar-refractivity contribution in [2.75, 3.05) is 0 Å². The van der Waals surface area contributed by atoms with Crippen LogP contribution in [0.1, 0.15) is 61.0 Å². The number of carbonyl (C=O) groups is 2. The normalized spacial score (nSPS) is 16.0. The molecule has 3 rings (SSSR count). The van der Waals surface area contributed by atoms with E-state index in [1.54, 1.807) is 18.2 Å². The quantitative estimate of drug-likeness (QED) is 0.758. The van der Waals surface area contributed by atoms with Gasteiger partial charge in [0.2, 0.25) is 5.91 Å². The third kappa shape index (κ3) is 4.24. The summed E-state index contributed by atoms with van der Waals surface area (Å²) in [5, 5.41) is 5.96. The van der Waals surface area contributed by atoms with Crippen LogP contribution >= 0.6 is 0 Å². The maximum Gasteiger partial charge on any atom is 0.251 e. The number of carbonyl (C=O) groups excluding carboxylic acids is 2. The van der Waals surface area contributed by atoms with Gasteiger partial charge in [-0.25, -0.2) is 4.39 Å². The summed E-state index contributed by atoms with van der Waals surface area (Å²) in [5.74, 6) is -0.449. The van der Waals surface area contributed by atoms with E-state index in [0.29, 0.717) is 12.1 Å². The maximum atomic E-state index is 13.2. The van der Waals surface area contributed by atoms with Crippen LogP contribution in [0.25, 0.3) is 0 Å². The average molecular weight is 382 g/mol. The first-order valence-electron chi connectivity index (χ1n) is 9.89. The van der Waals surface area contributed by atoms with E-state index in [1.807, 2.05) is 32.0 Å². The molecule has 0 heterocycles. The molecule has 148 valence electrons. The second-order valence-corrected chi connectivity index (χ2v) is 7.61. The van der Waals surface area contributed by atoms with Crippen molar-refractivity contribution < 1.29 is 14.0 Å². The predicted octanol–water partition coefficient (Wildman–Crippen LogP) is 4.09. The van der Waals surface area contributed by atoms with Crippen molar-refractivity contribution in [1.29, 1.82) is 0 Å². The molecule has 1 saturated carbocycles. The number of hydrogen-bond donors (Lipinski definition) is 2. The lowest BCUT2D eigenvalue weighted by Gasteiger charge is -2.40. The number of halogens is 1. The summed E-state index contributed by atoms with van der Waals surface area (Å²) in [6.07, 6.45) is 3.38. The zero-order valence-corrected chi connectivity index (χ0v) is 16.4. The molecular weight excluding hydrogens is 355 g/mol. The minimum atomic E-state index is -0.570. The highest BCUT2D eigenvalue weighted by atomic mass is 19.1. The van der Waals surface area contributed by atoms with Gasteiger partial charge >= 0.3 is 0 Å². The predicted molar refractivity (Wildman–Crippen MR) is 107 cm³/mol. The summed E-state index contributed by atoms with van der Waals surface area (Å²) in [6, 6.07) is 13.6. The molecule has 0 saturated heterocycles. The molecule has 1 aliphatic rings. The van der Waals surface area contributed by atoms with Crippen molar-refractivity contribution >= 4 is 11.8 Å². The lowest BCUT2D eigenvalue weighted by atomic mass is 9.64. The van der Waals surface area contributed by atoms with Gasteiger partial charge in [-0.05, 0) is 61.6 Å². The van der Waals surface area contributed by atoms with Crippen molar-refractivity contribution in [3.63, 3.8) is 0 Å². The van der Waals surface area contributed by atoms with Crippen LogP contribution in [0.2, 0.25) is 0 Å². The molecule has 0 spiro atoms. The van der Waals surface area contributed by atoms with Crippen LogP contribution < -0.4 is 10.6 Å². The molecule has 2 N–H and O–H groups in total. The monoisotopic (exact) mass is 382 g/mol. The van der Waals surface area contributed by atoms with Gasteiger partial charge in [-0.3, -0.25) is 9.59 Å². The lowest BCUT2D eigenvalue weighted by Crippen LogP contribution is -2.49. The van der Waals surface area contributed by atoms with Crippen LogP contribution in [0, 0.1) is 5.82 Å².